The zero-order chi connectivity index (χ0) is 14.0. The average Bonchev–Trinajstić information content (AvgIpc) is 2.71. The third-order valence-electron chi connectivity index (χ3n) is 2.47. The first-order valence-electron chi connectivity index (χ1n) is 5.44. The number of nitrogens with zero attached hydrogens (tertiary/aromatic N) is 1. The van der Waals surface area contributed by atoms with Crippen LogP contribution in [0.3, 0.4) is 0 Å². The molecule has 8 heteroatoms. The van der Waals surface area contributed by atoms with E-state index in [0.717, 1.165) is 11.5 Å². The Balaban J connectivity index is 2.12. The zero-order valence-corrected chi connectivity index (χ0v) is 11.1. The van der Waals surface area contributed by atoms with Gasteiger partial charge in [0.05, 0.1) is 12.2 Å². The van der Waals surface area contributed by atoms with E-state index in [4.69, 9.17) is 15.4 Å². The van der Waals surface area contributed by atoms with Crippen LogP contribution in [0, 0.1) is 6.92 Å². The summed E-state index contributed by atoms with van der Waals surface area (Å²) in [5, 5.41) is 11.9. The van der Waals surface area contributed by atoms with Gasteiger partial charge in [0.25, 0.3) is 0 Å². The van der Waals surface area contributed by atoms with E-state index >= 15 is 0 Å². The molecule has 0 aliphatic carbocycles. The second-order valence-electron chi connectivity index (χ2n) is 4.08. The smallest absolute Gasteiger partial charge is 0.240 e. The van der Waals surface area contributed by atoms with Crippen molar-refractivity contribution >= 4 is 21.4 Å². The molecule has 2 rings (SSSR count). The van der Waals surface area contributed by atoms with Crippen molar-refractivity contribution in [2.24, 2.45) is 5.14 Å². The van der Waals surface area contributed by atoms with Crippen molar-refractivity contribution < 1.29 is 12.9 Å². The average molecular weight is 282 g/mol. The first kappa shape index (κ1) is 13.4. The Morgan fingerprint density at radius 2 is 2.11 bits per heavy atom. The number of nitrogens with one attached hydrogen (secondary N) is 1. The number of hydrogen-bond donors (Lipinski definition) is 3. The van der Waals surface area contributed by atoms with E-state index in [2.05, 4.69) is 10.5 Å². The topological polar surface area (TPSA) is 124 Å². The van der Waals surface area contributed by atoms with Gasteiger partial charge in [-0.3, -0.25) is 0 Å². The lowest BCUT2D eigenvalue weighted by molar-refractivity contribution is 0.391. The van der Waals surface area contributed by atoms with E-state index in [1.807, 2.05) is 0 Å². The molecule has 0 unspecified atom stereocenters. The van der Waals surface area contributed by atoms with Crippen LogP contribution in [0.25, 0.3) is 0 Å². The maximum Gasteiger partial charge on any atom is 0.240 e. The number of aryl methyl sites for hydroxylation is 1. The van der Waals surface area contributed by atoms with Crippen LogP contribution in [-0.2, 0) is 16.6 Å². The molecule has 0 spiro atoms. The van der Waals surface area contributed by atoms with Gasteiger partial charge in [-0.25, -0.2) is 13.6 Å². The summed E-state index contributed by atoms with van der Waals surface area (Å²) in [6.45, 7) is 2.25. The molecule has 0 radical (unpaired) electrons. The van der Waals surface area contributed by atoms with E-state index in [-0.39, 0.29) is 10.6 Å². The summed E-state index contributed by atoms with van der Waals surface area (Å²) in [5.41, 5.74) is 7.16. The highest BCUT2D eigenvalue weighted by Crippen LogP contribution is 2.21. The minimum absolute atomic E-state index is 0.0877. The van der Waals surface area contributed by atoms with Gasteiger partial charge in [0.1, 0.15) is 16.3 Å². The Kier molecular flexibility index (Phi) is 3.45. The Bertz CT molecular complexity index is 694. The summed E-state index contributed by atoms with van der Waals surface area (Å²) in [6.07, 6.45) is 0. The van der Waals surface area contributed by atoms with Gasteiger partial charge in [-0.2, -0.15) is 0 Å². The molecule has 5 N–H and O–H groups in total. The number of nitrogens with two attached hydrogens (primary N) is 2. The Morgan fingerprint density at radius 3 is 2.63 bits per heavy atom. The van der Waals surface area contributed by atoms with Crippen molar-refractivity contribution in [3.63, 3.8) is 0 Å². The van der Waals surface area contributed by atoms with Crippen LogP contribution < -0.4 is 16.2 Å². The highest BCUT2D eigenvalue weighted by molar-refractivity contribution is 7.89. The lowest BCUT2D eigenvalue weighted by Gasteiger charge is -2.08. The molecule has 1 heterocycles. The fourth-order valence-corrected chi connectivity index (χ4v) is 2.26. The van der Waals surface area contributed by atoms with Gasteiger partial charge in [-0.05, 0) is 25.1 Å². The van der Waals surface area contributed by atoms with Crippen molar-refractivity contribution in [2.45, 2.75) is 18.4 Å². The molecule has 1 aromatic heterocycles. The summed E-state index contributed by atoms with van der Waals surface area (Å²) in [5.74, 6) is 0.723. The van der Waals surface area contributed by atoms with Crippen LogP contribution in [-0.4, -0.2) is 13.6 Å². The number of aromatic nitrogens is 1. The van der Waals surface area contributed by atoms with Crippen molar-refractivity contribution in [2.75, 3.05) is 11.1 Å². The number of hydrogen-bond acceptors (Lipinski definition) is 6. The molecule has 0 aliphatic rings. The van der Waals surface area contributed by atoms with Crippen molar-refractivity contribution in [3.8, 4) is 0 Å². The van der Waals surface area contributed by atoms with Gasteiger partial charge in [0, 0.05) is 11.8 Å². The van der Waals surface area contributed by atoms with E-state index in [9.17, 15) is 8.42 Å². The molecule has 102 valence electrons. The molecule has 0 saturated carbocycles. The van der Waals surface area contributed by atoms with Crippen LogP contribution >= 0.6 is 0 Å². The SMILES string of the molecule is Cc1cc(CNc2ccc(S(N)(=O)=O)c(N)c2)no1. The molecule has 0 atom stereocenters. The number of benzene rings is 1. The van der Waals surface area contributed by atoms with Crippen LogP contribution in [0.5, 0.6) is 0 Å². The fourth-order valence-electron chi connectivity index (χ4n) is 1.61. The molecule has 19 heavy (non-hydrogen) atoms. The summed E-state index contributed by atoms with van der Waals surface area (Å²) >= 11 is 0. The van der Waals surface area contributed by atoms with Gasteiger partial charge in [-0.1, -0.05) is 5.16 Å². The molecule has 1 aromatic carbocycles. The van der Waals surface area contributed by atoms with E-state index in [1.54, 1.807) is 19.1 Å². The Morgan fingerprint density at radius 1 is 1.37 bits per heavy atom. The van der Waals surface area contributed by atoms with Crippen LogP contribution in [0.4, 0.5) is 11.4 Å². The first-order valence-corrected chi connectivity index (χ1v) is 6.99. The molecule has 2 aromatic rings. The van der Waals surface area contributed by atoms with Crippen LogP contribution in [0.15, 0.2) is 33.7 Å². The number of sulfonamides is 1. The minimum Gasteiger partial charge on any atom is -0.398 e. The molecular weight excluding hydrogens is 268 g/mol. The fraction of sp³-hybridized carbons (Fsp3) is 0.182. The maximum absolute atomic E-state index is 11.2. The number of primary sulfonamides is 1. The van der Waals surface area contributed by atoms with Crippen LogP contribution in [0.2, 0.25) is 0 Å². The molecule has 0 bridgehead atoms. The second-order valence-corrected chi connectivity index (χ2v) is 5.61. The van der Waals surface area contributed by atoms with Gasteiger partial charge in [0.2, 0.25) is 10.0 Å². The van der Waals surface area contributed by atoms with E-state index in [1.165, 1.54) is 12.1 Å². The predicted octanol–water partition coefficient (Wildman–Crippen LogP) is 0.825. The summed E-state index contributed by atoms with van der Waals surface area (Å²) in [6, 6.07) is 6.26. The molecule has 0 aliphatic heterocycles. The third kappa shape index (κ3) is 3.24. The Labute approximate surface area is 110 Å². The maximum atomic E-state index is 11.2. The number of rotatable bonds is 4. The van der Waals surface area contributed by atoms with Gasteiger partial charge >= 0.3 is 0 Å². The van der Waals surface area contributed by atoms with Gasteiger partial charge in [-0.15, -0.1) is 0 Å². The zero-order valence-electron chi connectivity index (χ0n) is 10.3. The Hall–Kier alpha value is -2.06. The predicted molar refractivity (Wildman–Crippen MR) is 70.8 cm³/mol. The summed E-state index contributed by atoms with van der Waals surface area (Å²) in [7, 11) is -3.79. The lowest BCUT2D eigenvalue weighted by atomic mass is 10.2. The summed E-state index contributed by atoms with van der Waals surface area (Å²) in [4.78, 5) is -0.0877. The number of anilines is 2. The van der Waals surface area contributed by atoms with E-state index in [0.29, 0.717) is 12.2 Å². The van der Waals surface area contributed by atoms with Crippen LogP contribution in [0.1, 0.15) is 11.5 Å². The second kappa shape index (κ2) is 4.90. The van der Waals surface area contributed by atoms with Crippen molar-refractivity contribution in [1.29, 1.82) is 0 Å². The lowest BCUT2D eigenvalue weighted by Crippen LogP contribution is -2.14. The first-order chi connectivity index (χ1) is 8.86. The standard InChI is InChI=1S/C11H14N4O3S/c1-7-4-9(15-18-7)6-14-8-2-3-11(10(12)5-8)19(13,16)17/h2-5,14H,6,12H2,1H3,(H2,13,16,17). The normalized spacial score (nSPS) is 11.5. The molecule has 0 amide bonds. The van der Waals surface area contributed by atoms with E-state index < -0.39 is 10.0 Å². The molecular formula is C11H14N4O3S. The molecule has 0 saturated heterocycles. The quantitative estimate of drug-likeness (QED) is 0.713. The number of nitrogen functional groups attached to an aromatic ring is 1. The van der Waals surface area contributed by atoms with Crippen molar-refractivity contribution in [3.05, 3.63) is 35.7 Å². The minimum atomic E-state index is -3.79. The molecule has 0 fully saturated rings. The highest BCUT2D eigenvalue weighted by atomic mass is 32.2. The monoisotopic (exact) mass is 282 g/mol. The van der Waals surface area contributed by atoms with Gasteiger partial charge < -0.3 is 15.6 Å². The summed E-state index contributed by atoms with van der Waals surface area (Å²) < 4.78 is 27.3. The molecule has 7 nitrogen and oxygen atoms in total. The highest BCUT2D eigenvalue weighted by Gasteiger charge is 2.12. The van der Waals surface area contributed by atoms with Crippen molar-refractivity contribution in [1.82, 2.24) is 5.16 Å². The third-order valence-corrected chi connectivity index (χ3v) is 3.45. The largest absolute Gasteiger partial charge is 0.398 e. The van der Waals surface area contributed by atoms with Gasteiger partial charge in [0.15, 0.2) is 0 Å².